The van der Waals surface area contributed by atoms with Gasteiger partial charge in [-0.05, 0) is 60.5 Å². The SMILES string of the molecule is Cc1cc(Br)ccc1NC(=O)CO/N=C/c1ccc(OC(F)F)cc1. The van der Waals surface area contributed by atoms with E-state index in [-0.39, 0.29) is 18.3 Å². The van der Waals surface area contributed by atoms with Crippen LogP contribution in [0.4, 0.5) is 14.5 Å². The molecular formula is C17H15BrF2N2O3. The lowest BCUT2D eigenvalue weighted by atomic mass is 10.2. The fourth-order valence-electron chi connectivity index (χ4n) is 1.88. The average molecular weight is 413 g/mol. The Morgan fingerprint density at radius 2 is 2.00 bits per heavy atom. The van der Waals surface area contributed by atoms with Gasteiger partial charge in [-0.2, -0.15) is 8.78 Å². The summed E-state index contributed by atoms with van der Waals surface area (Å²) in [6, 6.07) is 11.3. The second-order valence-corrected chi connectivity index (χ2v) is 5.88. The van der Waals surface area contributed by atoms with Crippen molar-refractivity contribution < 1.29 is 23.1 Å². The van der Waals surface area contributed by atoms with E-state index in [1.807, 2.05) is 19.1 Å². The molecule has 0 fully saturated rings. The summed E-state index contributed by atoms with van der Waals surface area (Å²) in [6.45, 7) is -1.24. The number of hydrogen-bond donors (Lipinski definition) is 1. The van der Waals surface area contributed by atoms with E-state index in [2.05, 4.69) is 31.1 Å². The summed E-state index contributed by atoms with van der Waals surface area (Å²) in [5.74, 6) is -0.291. The molecule has 0 aliphatic carbocycles. The van der Waals surface area contributed by atoms with Gasteiger partial charge in [-0.15, -0.1) is 0 Å². The maximum absolute atomic E-state index is 12.0. The lowest BCUT2D eigenvalue weighted by Crippen LogP contribution is -2.17. The third-order valence-corrected chi connectivity index (χ3v) is 3.53. The Balaban J connectivity index is 1.79. The third-order valence-electron chi connectivity index (χ3n) is 3.04. The van der Waals surface area contributed by atoms with Crippen LogP contribution in [0.15, 0.2) is 52.1 Å². The maximum Gasteiger partial charge on any atom is 0.387 e. The highest BCUT2D eigenvalue weighted by Crippen LogP contribution is 2.19. The Morgan fingerprint density at radius 1 is 1.28 bits per heavy atom. The molecule has 0 saturated heterocycles. The van der Waals surface area contributed by atoms with E-state index in [4.69, 9.17) is 4.84 Å². The molecular weight excluding hydrogens is 398 g/mol. The first kappa shape index (κ1) is 18.9. The van der Waals surface area contributed by atoms with Gasteiger partial charge in [-0.1, -0.05) is 21.1 Å². The van der Waals surface area contributed by atoms with Crippen LogP contribution < -0.4 is 10.1 Å². The molecule has 132 valence electrons. The number of halogens is 3. The number of nitrogens with zero attached hydrogens (tertiary/aromatic N) is 1. The number of carbonyl (C=O) groups is 1. The molecule has 0 aliphatic heterocycles. The van der Waals surface area contributed by atoms with Gasteiger partial charge in [0, 0.05) is 10.2 Å². The Morgan fingerprint density at radius 3 is 2.64 bits per heavy atom. The standard InChI is InChI=1S/C17H15BrF2N2O3/c1-11-8-13(18)4-7-15(11)22-16(23)10-24-21-9-12-2-5-14(6-3-12)25-17(19)20/h2-9,17H,10H2,1H3,(H,22,23)/b21-9+. The molecule has 0 atom stereocenters. The Hall–Kier alpha value is -2.48. The topological polar surface area (TPSA) is 59.9 Å². The van der Waals surface area contributed by atoms with Gasteiger partial charge in [0.05, 0.1) is 6.21 Å². The molecule has 25 heavy (non-hydrogen) atoms. The zero-order valence-corrected chi connectivity index (χ0v) is 14.8. The van der Waals surface area contributed by atoms with Crippen LogP contribution in [0.2, 0.25) is 0 Å². The molecule has 0 unspecified atom stereocenters. The zero-order chi connectivity index (χ0) is 18.2. The van der Waals surface area contributed by atoms with Crippen LogP contribution in [0.1, 0.15) is 11.1 Å². The molecule has 5 nitrogen and oxygen atoms in total. The molecule has 8 heteroatoms. The predicted molar refractivity (Wildman–Crippen MR) is 94.1 cm³/mol. The normalized spacial score (nSPS) is 10.9. The second-order valence-electron chi connectivity index (χ2n) is 4.96. The van der Waals surface area contributed by atoms with Crippen LogP contribution in [0, 0.1) is 6.92 Å². The molecule has 0 radical (unpaired) electrons. The van der Waals surface area contributed by atoms with Crippen LogP contribution in [0.3, 0.4) is 0 Å². The largest absolute Gasteiger partial charge is 0.435 e. The van der Waals surface area contributed by atoms with Crippen molar-refractivity contribution in [2.75, 3.05) is 11.9 Å². The average Bonchev–Trinajstić information content (AvgIpc) is 2.55. The van der Waals surface area contributed by atoms with Crippen molar-refractivity contribution in [3.05, 3.63) is 58.1 Å². The second kappa shape index (κ2) is 9.12. The van der Waals surface area contributed by atoms with Crippen LogP contribution in [0.25, 0.3) is 0 Å². The number of anilines is 1. The fourth-order valence-corrected chi connectivity index (χ4v) is 2.36. The van der Waals surface area contributed by atoms with Gasteiger partial charge in [0.15, 0.2) is 6.61 Å². The van der Waals surface area contributed by atoms with Crippen molar-refractivity contribution in [2.45, 2.75) is 13.5 Å². The van der Waals surface area contributed by atoms with Crippen molar-refractivity contribution >= 4 is 33.7 Å². The van der Waals surface area contributed by atoms with Gasteiger partial charge >= 0.3 is 6.61 Å². The number of alkyl halides is 2. The number of hydrogen-bond acceptors (Lipinski definition) is 4. The van der Waals surface area contributed by atoms with Gasteiger partial charge in [-0.3, -0.25) is 4.79 Å². The molecule has 2 aromatic rings. The number of carbonyl (C=O) groups excluding carboxylic acids is 1. The smallest absolute Gasteiger partial charge is 0.387 e. The predicted octanol–water partition coefficient (Wildman–Crippen LogP) is 4.35. The van der Waals surface area contributed by atoms with E-state index in [0.29, 0.717) is 11.3 Å². The Bertz CT molecular complexity index is 752. The molecule has 1 amide bonds. The number of oxime groups is 1. The van der Waals surface area contributed by atoms with Crippen LogP contribution in [0.5, 0.6) is 5.75 Å². The van der Waals surface area contributed by atoms with E-state index in [0.717, 1.165) is 10.0 Å². The molecule has 0 aromatic heterocycles. The Labute approximate surface area is 151 Å². The number of nitrogens with one attached hydrogen (secondary N) is 1. The van der Waals surface area contributed by atoms with Crippen LogP contribution in [-0.4, -0.2) is 25.3 Å². The third kappa shape index (κ3) is 6.50. The summed E-state index contributed by atoms with van der Waals surface area (Å²) < 4.78 is 29.2. The lowest BCUT2D eigenvalue weighted by molar-refractivity contribution is -0.120. The van der Waals surface area contributed by atoms with E-state index in [1.54, 1.807) is 6.07 Å². The summed E-state index contributed by atoms with van der Waals surface area (Å²) in [6.07, 6.45) is 1.37. The van der Waals surface area contributed by atoms with Gasteiger partial charge in [0.1, 0.15) is 5.75 Å². The van der Waals surface area contributed by atoms with Crippen LogP contribution >= 0.6 is 15.9 Å². The number of ether oxygens (including phenoxy) is 1. The molecule has 2 rings (SSSR count). The van der Waals surface area contributed by atoms with Gasteiger partial charge in [0.2, 0.25) is 0 Å². The van der Waals surface area contributed by atoms with Crippen molar-refractivity contribution in [3.63, 3.8) is 0 Å². The summed E-state index contributed by atoms with van der Waals surface area (Å²) in [7, 11) is 0. The molecule has 0 bridgehead atoms. The highest BCUT2D eigenvalue weighted by atomic mass is 79.9. The number of aryl methyl sites for hydroxylation is 1. The van der Waals surface area contributed by atoms with Crippen molar-refractivity contribution in [3.8, 4) is 5.75 Å². The van der Waals surface area contributed by atoms with E-state index in [9.17, 15) is 13.6 Å². The molecule has 0 saturated carbocycles. The first-order valence-corrected chi connectivity index (χ1v) is 7.99. The van der Waals surface area contributed by atoms with Crippen molar-refractivity contribution in [1.82, 2.24) is 0 Å². The van der Waals surface area contributed by atoms with E-state index < -0.39 is 6.61 Å². The molecule has 0 heterocycles. The van der Waals surface area contributed by atoms with Gasteiger partial charge in [0.25, 0.3) is 5.91 Å². The first-order chi connectivity index (χ1) is 11.9. The van der Waals surface area contributed by atoms with Gasteiger partial charge in [-0.25, -0.2) is 0 Å². The fraction of sp³-hybridized carbons (Fsp3) is 0.176. The minimum atomic E-state index is -2.87. The number of benzene rings is 2. The summed E-state index contributed by atoms with van der Waals surface area (Å²) in [5.41, 5.74) is 2.22. The summed E-state index contributed by atoms with van der Waals surface area (Å²) in [5, 5.41) is 6.38. The lowest BCUT2D eigenvalue weighted by Gasteiger charge is -2.08. The minimum absolute atomic E-state index is 0.0531. The van der Waals surface area contributed by atoms with E-state index >= 15 is 0 Å². The molecule has 0 aliphatic rings. The van der Waals surface area contributed by atoms with Crippen molar-refractivity contribution in [1.29, 1.82) is 0 Å². The highest BCUT2D eigenvalue weighted by Gasteiger charge is 2.06. The zero-order valence-electron chi connectivity index (χ0n) is 13.2. The van der Waals surface area contributed by atoms with Crippen LogP contribution in [-0.2, 0) is 9.63 Å². The maximum atomic E-state index is 12.0. The first-order valence-electron chi connectivity index (χ1n) is 7.20. The quantitative estimate of drug-likeness (QED) is 0.543. The number of amides is 1. The minimum Gasteiger partial charge on any atom is -0.435 e. The molecule has 0 spiro atoms. The van der Waals surface area contributed by atoms with E-state index in [1.165, 1.54) is 30.5 Å². The van der Waals surface area contributed by atoms with Crippen molar-refractivity contribution in [2.24, 2.45) is 5.16 Å². The molecule has 2 aromatic carbocycles. The monoisotopic (exact) mass is 412 g/mol. The van der Waals surface area contributed by atoms with Gasteiger partial charge < -0.3 is 14.9 Å². The summed E-state index contributed by atoms with van der Waals surface area (Å²) in [4.78, 5) is 16.7. The summed E-state index contributed by atoms with van der Waals surface area (Å²) >= 11 is 3.35. The molecule has 1 N–H and O–H groups in total. The highest BCUT2D eigenvalue weighted by molar-refractivity contribution is 9.10. The number of rotatable bonds is 7. The Kier molecular flexibility index (Phi) is 6.88.